The monoisotopic (exact) mass is 272 g/mol. The van der Waals surface area contributed by atoms with Crippen LogP contribution in [0.1, 0.15) is 31.2 Å². The van der Waals surface area contributed by atoms with Crippen molar-refractivity contribution in [3.05, 3.63) is 23.8 Å². The quantitative estimate of drug-likeness (QED) is 0.851. The van der Waals surface area contributed by atoms with Gasteiger partial charge >= 0.3 is 0 Å². The van der Waals surface area contributed by atoms with Crippen molar-refractivity contribution in [3.63, 3.8) is 0 Å². The van der Waals surface area contributed by atoms with Crippen molar-refractivity contribution in [2.75, 3.05) is 23.7 Å². The number of nitrogens with two attached hydrogens (primary N) is 1. The summed E-state index contributed by atoms with van der Waals surface area (Å²) in [4.78, 5) is 6.72. The van der Waals surface area contributed by atoms with Crippen molar-refractivity contribution in [1.82, 2.24) is 10.1 Å². The molecule has 0 spiro atoms. The molecule has 5 nitrogen and oxygen atoms in total. The molecule has 5 heteroatoms. The number of nitrogens with zero attached hydrogens (tertiary/aromatic N) is 3. The number of hydrogen-bond donors (Lipinski definition) is 1. The van der Waals surface area contributed by atoms with E-state index in [4.69, 9.17) is 10.3 Å². The van der Waals surface area contributed by atoms with Gasteiger partial charge in [-0.2, -0.15) is 4.98 Å². The lowest BCUT2D eigenvalue weighted by Crippen LogP contribution is -2.24. The third kappa shape index (κ3) is 2.48. The maximum Gasteiger partial charge on any atom is 0.266 e. The Kier molecular flexibility index (Phi) is 3.58. The third-order valence-corrected chi connectivity index (χ3v) is 3.86. The summed E-state index contributed by atoms with van der Waals surface area (Å²) < 4.78 is 5.40. The summed E-state index contributed by atoms with van der Waals surface area (Å²) in [5.74, 6) is 1.19. The van der Waals surface area contributed by atoms with Gasteiger partial charge in [0.15, 0.2) is 0 Å². The number of rotatable bonds is 2. The van der Waals surface area contributed by atoms with Gasteiger partial charge in [-0.15, -0.1) is 0 Å². The van der Waals surface area contributed by atoms with Crippen LogP contribution in [-0.4, -0.2) is 23.2 Å². The van der Waals surface area contributed by atoms with Crippen LogP contribution >= 0.6 is 0 Å². The minimum Gasteiger partial charge on any atom is -0.398 e. The first kappa shape index (κ1) is 13.0. The second-order valence-electron chi connectivity index (χ2n) is 5.34. The van der Waals surface area contributed by atoms with Gasteiger partial charge in [0.25, 0.3) is 11.8 Å². The number of anilines is 2. The molecule has 0 bridgehead atoms. The molecule has 2 aromatic rings. The van der Waals surface area contributed by atoms with E-state index in [0.717, 1.165) is 24.2 Å². The first-order valence-corrected chi connectivity index (χ1v) is 7.20. The van der Waals surface area contributed by atoms with E-state index in [2.05, 4.69) is 15.0 Å². The van der Waals surface area contributed by atoms with Crippen LogP contribution in [0.15, 0.2) is 22.7 Å². The Labute approximate surface area is 118 Å². The van der Waals surface area contributed by atoms with E-state index in [9.17, 15) is 0 Å². The molecule has 1 aromatic heterocycles. The summed E-state index contributed by atoms with van der Waals surface area (Å²) in [5, 5.41) is 4.11. The number of benzene rings is 1. The van der Waals surface area contributed by atoms with Crippen molar-refractivity contribution in [2.24, 2.45) is 0 Å². The predicted octanol–water partition coefficient (Wildman–Crippen LogP) is 3.01. The van der Waals surface area contributed by atoms with E-state index in [1.807, 2.05) is 25.1 Å². The standard InChI is InChI=1S/C15H20N4O/c1-11-7-6-8-12(13(11)16)14-17-15(18-20-14)19-9-4-2-3-5-10-19/h6-8H,2-5,9-10,16H2,1H3. The van der Waals surface area contributed by atoms with E-state index in [1.165, 1.54) is 25.7 Å². The van der Waals surface area contributed by atoms with Gasteiger partial charge in [-0.1, -0.05) is 25.0 Å². The number of aromatic nitrogens is 2. The van der Waals surface area contributed by atoms with Crippen molar-refractivity contribution in [1.29, 1.82) is 0 Å². The summed E-state index contributed by atoms with van der Waals surface area (Å²) in [6.07, 6.45) is 4.95. The summed E-state index contributed by atoms with van der Waals surface area (Å²) >= 11 is 0. The molecule has 1 saturated heterocycles. The normalized spacial score (nSPS) is 16.1. The van der Waals surface area contributed by atoms with Gasteiger partial charge in [-0.05, 0) is 36.6 Å². The zero-order valence-electron chi connectivity index (χ0n) is 11.8. The topological polar surface area (TPSA) is 68.2 Å². The Bertz CT molecular complexity index is 585. The Morgan fingerprint density at radius 2 is 1.90 bits per heavy atom. The molecule has 0 aliphatic carbocycles. The average Bonchev–Trinajstić information content (AvgIpc) is 2.77. The SMILES string of the molecule is Cc1cccc(-c2nc(N3CCCCCC3)no2)c1N. The Hall–Kier alpha value is -2.04. The van der Waals surface area contributed by atoms with Crippen LogP contribution in [-0.2, 0) is 0 Å². The molecule has 1 fully saturated rings. The molecule has 0 amide bonds. The highest BCUT2D eigenvalue weighted by atomic mass is 16.5. The first-order chi connectivity index (χ1) is 9.75. The smallest absolute Gasteiger partial charge is 0.266 e. The van der Waals surface area contributed by atoms with Gasteiger partial charge in [0.2, 0.25) is 0 Å². The minimum absolute atomic E-state index is 0.505. The molecule has 0 atom stereocenters. The van der Waals surface area contributed by atoms with Crippen LogP contribution in [0, 0.1) is 6.92 Å². The molecular weight excluding hydrogens is 252 g/mol. The summed E-state index contributed by atoms with van der Waals surface area (Å²) in [6, 6.07) is 5.85. The molecule has 0 radical (unpaired) electrons. The molecule has 0 saturated carbocycles. The molecular formula is C15H20N4O. The van der Waals surface area contributed by atoms with E-state index >= 15 is 0 Å². The van der Waals surface area contributed by atoms with E-state index in [1.54, 1.807) is 0 Å². The Morgan fingerprint density at radius 3 is 2.65 bits per heavy atom. The van der Waals surface area contributed by atoms with Crippen molar-refractivity contribution in [2.45, 2.75) is 32.6 Å². The molecule has 2 heterocycles. The predicted molar refractivity (Wildman–Crippen MR) is 79.6 cm³/mol. The van der Waals surface area contributed by atoms with E-state index in [0.29, 0.717) is 17.5 Å². The van der Waals surface area contributed by atoms with Gasteiger partial charge in [0.1, 0.15) is 0 Å². The third-order valence-electron chi connectivity index (χ3n) is 3.86. The Morgan fingerprint density at radius 1 is 1.15 bits per heavy atom. The molecule has 0 unspecified atom stereocenters. The van der Waals surface area contributed by atoms with Gasteiger partial charge in [-0.3, -0.25) is 0 Å². The maximum absolute atomic E-state index is 6.09. The zero-order chi connectivity index (χ0) is 13.9. The highest BCUT2D eigenvalue weighted by Gasteiger charge is 2.18. The van der Waals surface area contributed by atoms with Crippen LogP contribution in [0.25, 0.3) is 11.5 Å². The van der Waals surface area contributed by atoms with Gasteiger partial charge in [-0.25, -0.2) is 0 Å². The molecule has 3 rings (SSSR count). The molecule has 1 aliphatic rings. The lowest BCUT2D eigenvalue weighted by Gasteiger charge is -2.16. The fourth-order valence-corrected chi connectivity index (χ4v) is 2.59. The van der Waals surface area contributed by atoms with E-state index < -0.39 is 0 Å². The molecule has 1 aliphatic heterocycles. The second-order valence-corrected chi connectivity index (χ2v) is 5.34. The van der Waals surface area contributed by atoms with Crippen LogP contribution < -0.4 is 10.6 Å². The van der Waals surface area contributed by atoms with E-state index in [-0.39, 0.29) is 0 Å². The summed E-state index contributed by atoms with van der Waals surface area (Å²) in [7, 11) is 0. The fourth-order valence-electron chi connectivity index (χ4n) is 2.59. The van der Waals surface area contributed by atoms with Gasteiger partial charge in [0, 0.05) is 18.8 Å². The summed E-state index contributed by atoms with van der Waals surface area (Å²) in [5.41, 5.74) is 8.64. The lowest BCUT2D eigenvalue weighted by atomic mass is 10.1. The molecule has 1 aromatic carbocycles. The fraction of sp³-hybridized carbons (Fsp3) is 0.467. The van der Waals surface area contributed by atoms with Crippen molar-refractivity contribution in [3.8, 4) is 11.5 Å². The number of nitrogen functional groups attached to an aromatic ring is 1. The van der Waals surface area contributed by atoms with Crippen LogP contribution in [0.4, 0.5) is 11.6 Å². The van der Waals surface area contributed by atoms with Crippen LogP contribution in [0.3, 0.4) is 0 Å². The van der Waals surface area contributed by atoms with Gasteiger partial charge in [0.05, 0.1) is 5.56 Å². The molecule has 106 valence electrons. The number of para-hydroxylation sites is 1. The highest BCUT2D eigenvalue weighted by molar-refractivity contribution is 5.73. The van der Waals surface area contributed by atoms with Gasteiger partial charge < -0.3 is 15.2 Å². The molecule has 2 N–H and O–H groups in total. The lowest BCUT2D eigenvalue weighted by molar-refractivity contribution is 0.429. The Balaban J connectivity index is 1.87. The maximum atomic E-state index is 6.09. The second kappa shape index (κ2) is 5.53. The summed E-state index contributed by atoms with van der Waals surface area (Å²) in [6.45, 7) is 3.98. The average molecular weight is 272 g/mol. The largest absolute Gasteiger partial charge is 0.398 e. The van der Waals surface area contributed by atoms with Crippen molar-refractivity contribution < 1.29 is 4.52 Å². The van der Waals surface area contributed by atoms with Crippen LogP contribution in [0.2, 0.25) is 0 Å². The zero-order valence-corrected chi connectivity index (χ0v) is 11.8. The highest BCUT2D eigenvalue weighted by Crippen LogP contribution is 2.28. The number of aryl methyl sites for hydroxylation is 1. The van der Waals surface area contributed by atoms with Crippen molar-refractivity contribution >= 4 is 11.6 Å². The van der Waals surface area contributed by atoms with Crippen LogP contribution in [0.5, 0.6) is 0 Å². The minimum atomic E-state index is 0.505. The number of hydrogen-bond acceptors (Lipinski definition) is 5. The first-order valence-electron chi connectivity index (χ1n) is 7.20. The molecule has 20 heavy (non-hydrogen) atoms.